The number of carbonyl (C=O) groups is 2. The van der Waals surface area contributed by atoms with E-state index < -0.39 is 17.9 Å². The number of likely N-dealkylation sites (N-methyl/N-ethyl adjacent to an activating group) is 1. The SMILES string of the molecule is CC(C)c1ccc(NC(=O)C(=O)NCC(O)c2ccc3c(c2)CCN3C)cc1. The van der Waals surface area contributed by atoms with Gasteiger partial charge in [-0.25, -0.2) is 0 Å². The third-order valence-corrected chi connectivity index (χ3v) is 5.11. The molecule has 1 atom stereocenters. The number of nitrogens with one attached hydrogen (secondary N) is 2. The molecule has 0 bridgehead atoms. The van der Waals surface area contributed by atoms with Crippen LogP contribution in [0.25, 0.3) is 0 Å². The van der Waals surface area contributed by atoms with Crippen molar-refractivity contribution < 1.29 is 14.7 Å². The Labute approximate surface area is 165 Å². The summed E-state index contributed by atoms with van der Waals surface area (Å²) in [5.74, 6) is -1.12. The van der Waals surface area contributed by atoms with Crippen LogP contribution >= 0.6 is 0 Å². The highest BCUT2D eigenvalue weighted by Crippen LogP contribution is 2.29. The van der Waals surface area contributed by atoms with E-state index in [1.54, 1.807) is 12.1 Å². The Balaban J connectivity index is 1.52. The van der Waals surface area contributed by atoms with Crippen LogP contribution in [-0.2, 0) is 16.0 Å². The van der Waals surface area contributed by atoms with Gasteiger partial charge in [0.15, 0.2) is 0 Å². The molecule has 148 valence electrons. The zero-order valence-electron chi connectivity index (χ0n) is 16.5. The number of fused-ring (bicyclic) bond motifs is 1. The summed E-state index contributed by atoms with van der Waals surface area (Å²) in [6, 6.07) is 13.2. The number of benzene rings is 2. The van der Waals surface area contributed by atoms with Gasteiger partial charge in [0, 0.05) is 31.5 Å². The molecule has 1 heterocycles. The summed E-state index contributed by atoms with van der Waals surface area (Å²) in [4.78, 5) is 26.3. The first kappa shape index (κ1) is 19.9. The van der Waals surface area contributed by atoms with E-state index in [2.05, 4.69) is 29.4 Å². The molecule has 0 saturated heterocycles. The van der Waals surface area contributed by atoms with Crippen LogP contribution in [-0.4, -0.2) is 37.1 Å². The predicted molar refractivity (Wildman–Crippen MR) is 111 cm³/mol. The zero-order chi connectivity index (χ0) is 20.3. The highest BCUT2D eigenvalue weighted by molar-refractivity contribution is 6.39. The molecule has 2 aromatic rings. The molecule has 2 aromatic carbocycles. The maximum absolute atomic E-state index is 12.1. The number of hydrogen-bond acceptors (Lipinski definition) is 4. The Bertz CT molecular complexity index is 862. The van der Waals surface area contributed by atoms with Crippen LogP contribution in [0.5, 0.6) is 0 Å². The summed E-state index contributed by atoms with van der Waals surface area (Å²) in [5.41, 5.74) is 4.81. The van der Waals surface area contributed by atoms with Crippen LogP contribution in [0.4, 0.5) is 11.4 Å². The second-order valence-corrected chi connectivity index (χ2v) is 7.52. The third kappa shape index (κ3) is 4.51. The zero-order valence-corrected chi connectivity index (χ0v) is 16.5. The van der Waals surface area contributed by atoms with E-state index in [1.165, 1.54) is 11.3 Å². The van der Waals surface area contributed by atoms with E-state index in [-0.39, 0.29) is 6.54 Å². The van der Waals surface area contributed by atoms with Crippen LogP contribution in [0.3, 0.4) is 0 Å². The largest absolute Gasteiger partial charge is 0.387 e. The van der Waals surface area contributed by atoms with Gasteiger partial charge in [0.1, 0.15) is 0 Å². The van der Waals surface area contributed by atoms with E-state index >= 15 is 0 Å². The average molecular weight is 381 g/mol. The van der Waals surface area contributed by atoms with Crippen molar-refractivity contribution >= 4 is 23.2 Å². The summed E-state index contributed by atoms with van der Waals surface area (Å²) >= 11 is 0. The van der Waals surface area contributed by atoms with Crippen molar-refractivity contribution in [3.05, 3.63) is 59.2 Å². The van der Waals surface area contributed by atoms with Gasteiger partial charge in [-0.1, -0.05) is 38.1 Å². The Morgan fingerprint density at radius 1 is 1.07 bits per heavy atom. The number of rotatable bonds is 5. The second-order valence-electron chi connectivity index (χ2n) is 7.52. The normalized spacial score (nSPS) is 14.0. The minimum Gasteiger partial charge on any atom is -0.387 e. The van der Waals surface area contributed by atoms with Crippen LogP contribution < -0.4 is 15.5 Å². The van der Waals surface area contributed by atoms with Crippen molar-refractivity contribution in [2.45, 2.75) is 32.3 Å². The standard InChI is InChI=1S/C22H27N3O3/c1-14(2)15-4-7-18(8-5-15)24-22(28)21(27)23-13-20(26)17-6-9-19-16(12-17)10-11-25(19)3/h4-9,12,14,20,26H,10-11,13H2,1-3H3,(H,23,27)(H,24,28). The minimum atomic E-state index is -0.863. The number of anilines is 2. The first-order valence-electron chi connectivity index (χ1n) is 9.56. The lowest BCUT2D eigenvalue weighted by Crippen LogP contribution is -2.37. The van der Waals surface area contributed by atoms with Gasteiger partial charge in [-0.2, -0.15) is 0 Å². The van der Waals surface area contributed by atoms with E-state index in [0.29, 0.717) is 11.6 Å². The Morgan fingerprint density at radius 2 is 1.75 bits per heavy atom. The van der Waals surface area contributed by atoms with Gasteiger partial charge in [-0.05, 0) is 47.2 Å². The Morgan fingerprint density at radius 3 is 2.43 bits per heavy atom. The van der Waals surface area contributed by atoms with Crippen molar-refractivity contribution in [1.82, 2.24) is 5.32 Å². The molecule has 0 fully saturated rings. The predicted octanol–water partition coefficient (Wildman–Crippen LogP) is 2.59. The molecule has 0 spiro atoms. The van der Waals surface area contributed by atoms with Crippen molar-refractivity contribution in [3.8, 4) is 0 Å². The molecular weight excluding hydrogens is 354 g/mol. The topological polar surface area (TPSA) is 81.7 Å². The summed E-state index contributed by atoms with van der Waals surface area (Å²) in [7, 11) is 2.04. The molecule has 0 aliphatic carbocycles. The van der Waals surface area contributed by atoms with E-state index in [9.17, 15) is 14.7 Å². The monoisotopic (exact) mass is 381 g/mol. The lowest BCUT2D eigenvalue weighted by atomic mass is 10.0. The molecule has 0 radical (unpaired) electrons. The van der Waals surface area contributed by atoms with E-state index in [4.69, 9.17) is 0 Å². The fourth-order valence-corrected chi connectivity index (χ4v) is 3.32. The minimum absolute atomic E-state index is 0.0207. The average Bonchev–Trinajstić information content (AvgIpc) is 3.06. The molecule has 1 aliphatic rings. The van der Waals surface area contributed by atoms with Gasteiger partial charge in [0.2, 0.25) is 0 Å². The third-order valence-electron chi connectivity index (χ3n) is 5.11. The number of nitrogens with zero attached hydrogens (tertiary/aromatic N) is 1. The fourth-order valence-electron chi connectivity index (χ4n) is 3.32. The first-order valence-corrected chi connectivity index (χ1v) is 9.56. The van der Waals surface area contributed by atoms with Crippen molar-refractivity contribution in [1.29, 1.82) is 0 Å². The van der Waals surface area contributed by atoms with Gasteiger partial charge < -0.3 is 20.6 Å². The molecule has 3 N–H and O–H groups in total. The van der Waals surface area contributed by atoms with Crippen LogP contribution in [0.2, 0.25) is 0 Å². The number of aliphatic hydroxyl groups is 1. The first-order chi connectivity index (χ1) is 13.3. The van der Waals surface area contributed by atoms with Crippen LogP contribution in [0, 0.1) is 0 Å². The Hall–Kier alpha value is -2.86. The summed E-state index contributed by atoms with van der Waals surface area (Å²) in [5, 5.41) is 15.4. The molecule has 0 aromatic heterocycles. The molecule has 3 rings (SSSR count). The highest BCUT2D eigenvalue weighted by atomic mass is 16.3. The van der Waals surface area contributed by atoms with Gasteiger partial charge in [0.05, 0.1) is 6.10 Å². The van der Waals surface area contributed by atoms with Crippen molar-refractivity contribution in [2.24, 2.45) is 0 Å². The summed E-state index contributed by atoms with van der Waals surface area (Å²) in [6.45, 7) is 5.12. The van der Waals surface area contributed by atoms with Gasteiger partial charge >= 0.3 is 11.8 Å². The summed E-state index contributed by atoms with van der Waals surface area (Å²) < 4.78 is 0. The summed E-state index contributed by atoms with van der Waals surface area (Å²) in [6.07, 6.45) is 0.0785. The molecule has 1 unspecified atom stereocenters. The second kappa shape index (κ2) is 8.44. The van der Waals surface area contributed by atoms with Crippen LogP contribution in [0.1, 0.15) is 42.6 Å². The maximum atomic E-state index is 12.1. The number of aliphatic hydroxyl groups excluding tert-OH is 1. The maximum Gasteiger partial charge on any atom is 0.313 e. The molecule has 2 amide bonds. The molecule has 6 nitrogen and oxygen atoms in total. The van der Waals surface area contributed by atoms with E-state index in [0.717, 1.165) is 24.1 Å². The van der Waals surface area contributed by atoms with Crippen LogP contribution in [0.15, 0.2) is 42.5 Å². The molecule has 28 heavy (non-hydrogen) atoms. The smallest absolute Gasteiger partial charge is 0.313 e. The van der Waals surface area contributed by atoms with Gasteiger partial charge in [-0.3, -0.25) is 9.59 Å². The van der Waals surface area contributed by atoms with Crippen molar-refractivity contribution in [2.75, 3.05) is 30.4 Å². The van der Waals surface area contributed by atoms with Gasteiger partial charge in [-0.15, -0.1) is 0 Å². The molecular formula is C22H27N3O3. The molecule has 1 aliphatic heterocycles. The molecule has 0 saturated carbocycles. The van der Waals surface area contributed by atoms with E-state index in [1.807, 2.05) is 37.4 Å². The number of hydrogen-bond donors (Lipinski definition) is 3. The fraction of sp³-hybridized carbons (Fsp3) is 0.364. The number of amides is 2. The lowest BCUT2D eigenvalue weighted by Gasteiger charge is -2.15. The quantitative estimate of drug-likeness (QED) is 0.696. The van der Waals surface area contributed by atoms with Crippen molar-refractivity contribution in [3.63, 3.8) is 0 Å². The number of carbonyl (C=O) groups excluding carboxylic acids is 2. The Kier molecular flexibility index (Phi) is 5.99. The lowest BCUT2D eigenvalue weighted by molar-refractivity contribution is -0.136. The van der Waals surface area contributed by atoms with Gasteiger partial charge in [0.25, 0.3) is 0 Å². The highest BCUT2D eigenvalue weighted by Gasteiger charge is 2.19. The molecule has 6 heteroatoms.